The Kier molecular flexibility index (Phi) is 9.58. The normalized spacial score (nSPS) is 11.6. The van der Waals surface area contributed by atoms with Gasteiger partial charge in [0.05, 0.1) is 24.4 Å². The summed E-state index contributed by atoms with van der Waals surface area (Å²) in [6, 6.07) is 56.2. The Morgan fingerprint density at radius 1 is 0.600 bits per heavy atom. The van der Waals surface area contributed by atoms with Crippen LogP contribution < -0.4 is 9.46 Å². The van der Waals surface area contributed by atoms with Crippen LogP contribution >= 0.6 is 0 Å². The number of aromatic nitrogens is 2. The van der Waals surface area contributed by atoms with Gasteiger partial charge in [0, 0.05) is 23.9 Å². The Bertz CT molecular complexity index is 2140. The van der Waals surface area contributed by atoms with E-state index in [1.807, 2.05) is 79.1 Å². The fourth-order valence-electron chi connectivity index (χ4n) is 6.46. The molecule has 0 aliphatic carbocycles. The van der Waals surface area contributed by atoms with Gasteiger partial charge in [0.2, 0.25) is 10.0 Å². The van der Waals surface area contributed by atoms with Crippen molar-refractivity contribution in [2.45, 2.75) is 17.7 Å². The zero-order valence-corrected chi connectivity index (χ0v) is 28.3. The van der Waals surface area contributed by atoms with Crippen LogP contribution in [0.2, 0.25) is 0 Å². The SMILES string of the molecule is O=S(=O)(Cc1ccccc1)Nc1ccc(CCOc2ccccc2-c2cn(C(c3ccccc3)(c3ccccc3)c3ccccc3)cn2)cc1. The van der Waals surface area contributed by atoms with E-state index in [4.69, 9.17) is 9.72 Å². The van der Waals surface area contributed by atoms with Gasteiger partial charge in [0.1, 0.15) is 11.3 Å². The average molecular weight is 676 g/mol. The van der Waals surface area contributed by atoms with Crippen molar-refractivity contribution in [2.75, 3.05) is 11.3 Å². The fourth-order valence-corrected chi connectivity index (χ4v) is 7.66. The first kappa shape index (κ1) is 32.6. The lowest BCUT2D eigenvalue weighted by atomic mass is 9.77. The van der Waals surface area contributed by atoms with Crippen LogP contribution in [0.5, 0.6) is 5.75 Å². The van der Waals surface area contributed by atoms with Gasteiger partial charge in [-0.05, 0) is 52.1 Å². The number of para-hydroxylation sites is 1. The molecule has 0 aliphatic rings. The molecule has 0 unspecified atom stereocenters. The molecular formula is C43H37N3O3S. The smallest absolute Gasteiger partial charge is 0.236 e. The van der Waals surface area contributed by atoms with Crippen molar-refractivity contribution in [3.8, 4) is 17.0 Å². The van der Waals surface area contributed by atoms with E-state index < -0.39 is 15.6 Å². The molecule has 0 saturated heterocycles. The minimum Gasteiger partial charge on any atom is -0.493 e. The predicted octanol–water partition coefficient (Wildman–Crippen LogP) is 8.95. The summed E-state index contributed by atoms with van der Waals surface area (Å²) >= 11 is 0. The number of rotatable bonds is 13. The maximum atomic E-state index is 12.7. The van der Waals surface area contributed by atoms with Crippen LogP contribution in [0.3, 0.4) is 0 Å². The Morgan fingerprint density at radius 2 is 1.12 bits per heavy atom. The molecule has 0 bridgehead atoms. The molecule has 7 aromatic rings. The summed E-state index contributed by atoms with van der Waals surface area (Å²) in [5, 5.41) is 0. The van der Waals surface area contributed by atoms with E-state index in [9.17, 15) is 8.42 Å². The van der Waals surface area contributed by atoms with Crippen molar-refractivity contribution >= 4 is 15.7 Å². The van der Waals surface area contributed by atoms with Crippen LogP contribution in [0.4, 0.5) is 5.69 Å². The van der Waals surface area contributed by atoms with E-state index in [0.717, 1.165) is 44.8 Å². The molecule has 0 atom stereocenters. The standard InChI is InChI=1S/C43H37N3O3S/c47-50(48,32-35-15-5-1-6-16-35)45-39-27-25-34(26-28-39)29-30-49-42-24-14-13-23-40(42)41-31-46(33-44-41)43(36-17-7-2-8-18-36,37-19-9-3-10-20-37)38-21-11-4-12-22-38/h1-28,31,33,45H,29-30,32H2. The van der Waals surface area contributed by atoms with Gasteiger partial charge < -0.3 is 9.30 Å². The second kappa shape index (κ2) is 14.7. The van der Waals surface area contributed by atoms with Gasteiger partial charge >= 0.3 is 0 Å². The highest BCUT2D eigenvalue weighted by molar-refractivity contribution is 7.91. The van der Waals surface area contributed by atoms with Gasteiger partial charge in [-0.3, -0.25) is 4.72 Å². The van der Waals surface area contributed by atoms with Gasteiger partial charge in [0.25, 0.3) is 0 Å². The Balaban J connectivity index is 1.11. The van der Waals surface area contributed by atoms with E-state index in [0.29, 0.717) is 18.7 Å². The molecule has 7 heteroatoms. The first-order valence-corrected chi connectivity index (χ1v) is 18.2. The summed E-state index contributed by atoms with van der Waals surface area (Å²) in [5.74, 6) is 0.667. The molecule has 1 N–H and O–H groups in total. The van der Waals surface area contributed by atoms with Crippen LogP contribution in [0.15, 0.2) is 182 Å². The third kappa shape index (κ3) is 7.09. The molecule has 0 amide bonds. The predicted molar refractivity (Wildman–Crippen MR) is 201 cm³/mol. The lowest BCUT2D eigenvalue weighted by Crippen LogP contribution is -2.36. The van der Waals surface area contributed by atoms with Crippen molar-refractivity contribution in [1.29, 1.82) is 0 Å². The van der Waals surface area contributed by atoms with Crippen molar-refractivity contribution < 1.29 is 13.2 Å². The molecule has 248 valence electrons. The number of hydrogen-bond acceptors (Lipinski definition) is 4. The lowest BCUT2D eigenvalue weighted by molar-refractivity contribution is 0.323. The molecule has 6 aromatic carbocycles. The highest BCUT2D eigenvalue weighted by atomic mass is 32.2. The second-order valence-corrected chi connectivity index (χ2v) is 13.8. The van der Waals surface area contributed by atoms with E-state index >= 15 is 0 Å². The molecule has 0 radical (unpaired) electrons. The maximum absolute atomic E-state index is 12.7. The summed E-state index contributed by atoms with van der Waals surface area (Å²) in [7, 11) is -3.52. The number of imidazole rings is 1. The average Bonchev–Trinajstić information content (AvgIpc) is 3.65. The van der Waals surface area contributed by atoms with Crippen LogP contribution in [-0.4, -0.2) is 24.6 Å². The van der Waals surface area contributed by atoms with Gasteiger partial charge in [0.15, 0.2) is 0 Å². The van der Waals surface area contributed by atoms with Crippen molar-refractivity contribution in [2.24, 2.45) is 0 Å². The van der Waals surface area contributed by atoms with Gasteiger partial charge in [-0.25, -0.2) is 13.4 Å². The highest BCUT2D eigenvalue weighted by Crippen LogP contribution is 2.42. The van der Waals surface area contributed by atoms with Crippen LogP contribution in [-0.2, 0) is 27.7 Å². The molecule has 1 heterocycles. The second-order valence-electron chi connectivity index (χ2n) is 12.1. The summed E-state index contributed by atoms with van der Waals surface area (Å²) in [6.45, 7) is 0.443. The zero-order chi connectivity index (χ0) is 34.2. The van der Waals surface area contributed by atoms with Gasteiger partial charge in [-0.2, -0.15) is 0 Å². The Morgan fingerprint density at radius 3 is 1.70 bits per heavy atom. The largest absolute Gasteiger partial charge is 0.493 e. The quantitative estimate of drug-likeness (QED) is 0.124. The monoisotopic (exact) mass is 675 g/mol. The number of nitrogens with one attached hydrogen (secondary N) is 1. The van der Waals surface area contributed by atoms with E-state index in [2.05, 4.69) is 88.3 Å². The first-order chi connectivity index (χ1) is 24.5. The maximum Gasteiger partial charge on any atom is 0.236 e. The van der Waals surface area contributed by atoms with Crippen molar-refractivity contribution in [3.63, 3.8) is 0 Å². The van der Waals surface area contributed by atoms with Gasteiger partial charge in [-0.15, -0.1) is 0 Å². The zero-order valence-electron chi connectivity index (χ0n) is 27.5. The molecule has 7 rings (SSSR count). The summed E-state index contributed by atoms with van der Waals surface area (Å²) in [4.78, 5) is 4.95. The molecule has 50 heavy (non-hydrogen) atoms. The topological polar surface area (TPSA) is 73.2 Å². The lowest BCUT2D eigenvalue weighted by Gasteiger charge is -2.37. The fraction of sp³-hybridized carbons (Fsp3) is 0.0930. The van der Waals surface area contributed by atoms with Crippen molar-refractivity contribution in [3.05, 3.63) is 210 Å². The van der Waals surface area contributed by atoms with E-state index in [-0.39, 0.29) is 5.75 Å². The molecule has 1 aromatic heterocycles. The number of ether oxygens (including phenoxy) is 1. The highest BCUT2D eigenvalue weighted by Gasteiger charge is 2.38. The number of nitrogens with zero attached hydrogens (tertiary/aromatic N) is 2. The van der Waals surface area contributed by atoms with Crippen molar-refractivity contribution in [1.82, 2.24) is 9.55 Å². The minimum atomic E-state index is -3.52. The molecule has 0 spiro atoms. The third-order valence-corrected chi connectivity index (χ3v) is 10.0. The van der Waals surface area contributed by atoms with Crippen LogP contribution in [0.1, 0.15) is 27.8 Å². The Hall–Kier alpha value is -5.92. The Labute approximate surface area is 293 Å². The van der Waals surface area contributed by atoms with E-state index in [1.54, 1.807) is 24.3 Å². The molecule has 0 saturated carbocycles. The minimum absolute atomic E-state index is 0.0766. The molecule has 6 nitrogen and oxygen atoms in total. The van der Waals surface area contributed by atoms with Gasteiger partial charge in [-0.1, -0.05) is 146 Å². The molecule has 0 aliphatic heterocycles. The number of benzene rings is 6. The third-order valence-electron chi connectivity index (χ3n) is 8.78. The van der Waals surface area contributed by atoms with Crippen LogP contribution in [0.25, 0.3) is 11.3 Å². The van der Waals surface area contributed by atoms with E-state index in [1.165, 1.54) is 0 Å². The molecule has 0 fully saturated rings. The first-order valence-electron chi connectivity index (χ1n) is 16.6. The number of anilines is 1. The molecular weight excluding hydrogens is 639 g/mol. The number of hydrogen-bond donors (Lipinski definition) is 1. The summed E-state index contributed by atoms with van der Waals surface area (Å²) in [6.07, 6.45) is 4.67. The summed E-state index contributed by atoms with van der Waals surface area (Å²) < 4.78 is 36.6. The number of sulfonamides is 1. The summed E-state index contributed by atoms with van der Waals surface area (Å²) in [5.41, 5.74) is 6.73. The van der Waals surface area contributed by atoms with Crippen LogP contribution in [0, 0.1) is 0 Å².